The highest BCUT2D eigenvalue weighted by molar-refractivity contribution is 5.67. The molecule has 3 N–H and O–H groups in total. The number of hydrogen-bond acceptors (Lipinski definition) is 3. The first kappa shape index (κ1) is 11.5. The Hall–Kier alpha value is -2.01. The van der Waals surface area contributed by atoms with E-state index in [1.807, 2.05) is 0 Å². The molecule has 88 valence electrons. The van der Waals surface area contributed by atoms with E-state index in [0.29, 0.717) is 5.56 Å². The fourth-order valence-electron chi connectivity index (χ4n) is 1.60. The van der Waals surface area contributed by atoms with Crippen molar-refractivity contribution in [2.24, 2.45) is 0 Å². The van der Waals surface area contributed by atoms with Gasteiger partial charge in [0.25, 0.3) is 0 Å². The number of hydrogen-bond donors (Lipinski definition) is 2. The van der Waals surface area contributed by atoms with Gasteiger partial charge < -0.3 is 10.8 Å². The lowest BCUT2D eigenvalue weighted by Crippen LogP contribution is -2.00. The number of anilines is 1. The molecule has 2 aromatic rings. The molecule has 0 unspecified atom stereocenters. The topological polar surface area (TPSA) is 59.1 Å². The van der Waals surface area contributed by atoms with Gasteiger partial charge in [-0.3, -0.25) is 0 Å². The van der Waals surface area contributed by atoms with Crippen LogP contribution in [-0.2, 0) is 6.61 Å². The van der Waals surface area contributed by atoms with Crippen LogP contribution in [0.25, 0.3) is 11.1 Å². The summed E-state index contributed by atoms with van der Waals surface area (Å²) in [5.41, 5.74) is 6.07. The van der Waals surface area contributed by atoms with Crippen LogP contribution < -0.4 is 5.73 Å². The Balaban J connectivity index is 2.64. The third-order valence-corrected chi connectivity index (χ3v) is 2.39. The summed E-state index contributed by atoms with van der Waals surface area (Å²) < 4.78 is 26.7. The van der Waals surface area contributed by atoms with E-state index < -0.39 is 18.2 Å². The number of aromatic nitrogens is 1. The lowest BCUT2D eigenvalue weighted by atomic mass is 10.0. The number of aliphatic hydroxyl groups excluding tert-OH is 1. The van der Waals surface area contributed by atoms with Gasteiger partial charge in [-0.15, -0.1) is 0 Å². The molecule has 2 rings (SSSR count). The van der Waals surface area contributed by atoms with Crippen LogP contribution in [0.5, 0.6) is 0 Å². The van der Waals surface area contributed by atoms with Gasteiger partial charge in [-0.1, -0.05) is 12.1 Å². The summed E-state index contributed by atoms with van der Waals surface area (Å²) >= 11 is 0. The Labute approximate surface area is 96.5 Å². The van der Waals surface area contributed by atoms with Gasteiger partial charge >= 0.3 is 0 Å². The van der Waals surface area contributed by atoms with Gasteiger partial charge in [0.05, 0.1) is 12.3 Å². The number of pyridine rings is 1. The standard InChI is InChI=1S/C12H10F2N2O/c13-9-3-1-2-8(12(9)14)7-4-5-11(15)16-10(7)6-17/h1-5,17H,6H2,(H2,15,16). The molecular formula is C12H10F2N2O. The minimum atomic E-state index is -0.964. The van der Waals surface area contributed by atoms with Gasteiger partial charge in [0.15, 0.2) is 11.6 Å². The van der Waals surface area contributed by atoms with E-state index in [-0.39, 0.29) is 17.1 Å². The van der Waals surface area contributed by atoms with Crippen molar-refractivity contribution >= 4 is 5.82 Å². The van der Waals surface area contributed by atoms with Crippen molar-refractivity contribution in [1.82, 2.24) is 4.98 Å². The van der Waals surface area contributed by atoms with Crippen LogP contribution in [0.1, 0.15) is 5.69 Å². The molecule has 0 saturated carbocycles. The van der Waals surface area contributed by atoms with E-state index in [0.717, 1.165) is 6.07 Å². The second kappa shape index (κ2) is 4.47. The highest BCUT2D eigenvalue weighted by atomic mass is 19.2. The first-order chi connectivity index (χ1) is 8.13. The number of nitrogen functional groups attached to an aromatic ring is 1. The molecule has 1 aromatic carbocycles. The highest BCUT2D eigenvalue weighted by Gasteiger charge is 2.13. The smallest absolute Gasteiger partial charge is 0.166 e. The SMILES string of the molecule is Nc1ccc(-c2cccc(F)c2F)c(CO)n1. The second-order valence-corrected chi connectivity index (χ2v) is 3.49. The number of rotatable bonds is 2. The molecule has 5 heteroatoms. The summed E-state index contributed by atoms with van der Waals surface area (Å²) in [5.74, 6) is -1.69. The van der Waals surface area contributed by atoms with Gasteiger partial charge in [0.2, 0.25) is 0 Å². The molecule has 0 spiro atoms. The Morgan fingerprint density at radius 2 is 1.88 bits per heavy atom. The Kier molecular flexibility index (Phi) is 3.01. The number of halogens is 2. The molecule has 17 heavy (non-hydrogen) atoms. The molecule has 0 bridgehead atoms. The van der Waals surface area contributed by atoms with E-state index in [1.165, 1.54) is 24.3 Å². The summed E-state index contributed by atoms with van der Waals surface area (Å²) in [4.78, 5) is 3.88. The molecule has 3 nitrogen and oxygen atoms in total. The number of nitrogens with two attached hydrogens (primary N) is 1. The van der Waals surface area contributed by atoms with E-state index in [1.54, 1.807) is 0 Å². The Bertz CT molecular complexity index is 558. The minimum Gasteiger partial charge on any atom is -0.390 e. The lowest BCUT2D eigenvalue weighted by molar-refractivity contribution is 0.277. The maximum absolute atomic E-state index is 13.6. The average molecular weight is 236 g/mol. The summed E-state index contributed by atoms with van der Waals surface area (Å²) in [6.45, 7) is -0.393. The number of aliphatic hydroxyl groups is 1. The predicted octanol–water partition coefficient (Wildman–Crippen LogP) is 2.10. The molecule has 0 amide bonds. The van der Waals surface area contributed by atoms with E-state index in [4.69, 9.17) is 10.8 Å². The molecule has 1 heterocycles. The van der Waals surface area contributed by atoms with Crippen LogP contribution in [0.4, 0.5) is 14.6 Å². The van der Waals surface area contributed by atoms with Crippen molar-refractivity contribution in [2.75, 3.05) is 5.73 Å². The van der Waals surface area contributed by atoms with Crippen LogP contribution in [0, 0.1) is 11.6 Å². The predicted molar refractivity (Wildman–Crippen MR) is 59.9 cm³/mol. The van der Waals surface area contributed by atoms with Gasteiger partial charge in [-0.25, -0.2) is 13.8 Å². The summed E-state index contributed by atoms with van der Waals surface area (Å²) in [7, 11) is 0. The van der Waals surface area contributed by atoms with Gasteiger partial charge in [0.1, 0.15) is 5.82 Å². The van der Waals surface area contributed by atoms with Crippen LogP contribution >= 0.6 is 0 Å². The Morgan fingerprint density at radius 3 is 2.59 bits per heavy atom. The minimum absolute atomic E-state index is 0.0570. The normalized spacial score (nSPS) is 10.5. The van der Waals surface area contributed by atoms with Crippen LogP contribution in [0.2, 0.25) is 0 Å². The fourth-order valence-corrected chi connectivity index (χ4v) is 1.60. The van der Waals surface area contributed by atoms with Crippen LogP contribution in [0.3, 0.4) is 0 Å². The molecule has 0 atom stereocenters. The third-order valence-electron chi connectivity index (χ3n) is 2.39. The van der Waals surface area contributed by atoms with Gasteiger partial charge in [-0.2, -0.15) is 0 Å². The summed E-state index contributed by atoms with van der Waals surface area (Å²) in [6, 6.07) is 6.82. The van der Waals surface area contributed by atoms with Gasteiger partial charge in [-0.05, 0) is 18.2 Å². The maximum atomic E-state index is 13.6. The molecule has 0 aliphatic heterocycles. The summed E-state index contributed by atoms with van der Waals surface area (Å²) in [6.07, 6.45) is 0. The molecule has 0 aliphatic carbocycles. The van der Waals surface area contributed by atoms with Crippen molar-refractivity contribution in [2.45, 2.75) is 6.61 Å². The fraction of sp³-hybridized carbons (Fsp3) is 0.0833. The van der Waals surface area contributed by atoms with Gasteiger partial charge in [0, 0.05) is 11.1 Å². The first-order valence-corrected chi connectivity index (χ1v) is 4.94. The molecule has 0 radical (unpaired) electrons. The second-order valence-electron chi connectivity index (χ2n) is 3.49. The third kappa shape index (κ3) is 2.09. The van der Waals surface area contributed by atoms with Crippen LogP contribution in [-0.4, -0.2) is 10.1 Å². The van der Waals surface area contributed by atoms with Crippen molar-refractivity contribution in [3.05, 3.63) is 47.7 Å². The zero-order valence-electron chi connectivity index (χ0n) is 8.82. The van der Waals surface area contributed by atoms with E-state index in [9.17, 15) is 8.78 Å². The number of nitrogens with zero attached hydrogens (tertiary/aromatic N) is 1. The zero-order chi connectivity index (χ0) is 12.4. The van der Waals surface area contributed by atoms with Crippen LogP contribution in [0.15, 0.2) is 30.3 Å². The Morgan fingerprint density at radius 1 is 1.12 bits per heavy atom. The quantitative estimate of drug-likeness (QED) is 0.839. The van der Waals surface area contributed by atoms with E-state index in [2.05, 4.69) is 4.98 Å². The molecule has 0 saturated heterocycles. The first-order valence-electron chi connectivity index (χ1n) is 4.94. The highest BCUT2D eigenvalue weighted by Crippen LogP contribution is 2.27. The zero-order valence-corrected chi connectivity index (χ0v) is 8.82. The summed E-state index contributed by atoms with van der Waals surface area (Å²) in [5, 5.41) is 9.13. The van der Waals surface area contributed by atoms with Crippen molar-refractivity contribution in [3.8, 4) is 11.1 Å². The largest absolute Gasteiger partial charge is 0.390 e. The lowest BCUT2D eigenvalue weighted by Gasteiger charge is -2.08. The van der Waals surface area contributed by atoms with Crippen molar-refractivity contribution in [3.63, 3.8) is 0 Å². The molecule has 0 aliphatic rings. The number of benzene rings is 1. The van der Waals surface area contributed by atoms with Crippen molar-refractivity contribution in [1.29, 1.82) is 0 Å². The monoisotopic (exact) mass is 236 g/mol. The average Bonchev–Trinajstić information content (AvgIpc) is 2.33. The van der Waals surface area contributed by atoms with E-state index >= 15 is 0 Å². The maximum Gasteiger partial charge on any atom is 0.166 e. The molecular weight excluding hydrogens is 226 g/mol. The van der Waals surface area contributed by atoms with Crippen molar-refractivity contribution < 1.29 is 13.9 Å². The molecule has 0 fully saturated rings. The molecule has 1 aromatic heterocycles.